The molecule has 0 aromatic heterocycles. The Morgan fingerprint density at radius 2 is 1.50 bits per heavy atom. The highest BCUT2D eigenvalue weighted by molar-refractivity contribution is 5.98. The van der Waals surface area contributed by atoms with Crippen LogP contribution in [0.5, 0.6) is 0 Å². The molecule has 0 aliphatic carbocycles. The number of hydrogen-bond acceptors (Lipinski definition) is 4. The van der Waals surface area contributed by atoms with Crippen molar-refractivity contribution in [3.63, 3.8) is 0 Å². The molecule has 0 radical (unpaired) electrons. The van der Waals surface area contributed by atoms with Crippen molar-refractivity contribution in [2.75, 3.05) is 6.61 Å². The van der Waals surface area contributed by atoms with Gasteiger partial charge in [-0.25, -0.2) is 0 Å². The Bertz CT molecular complexity index is 1340. The third-order valence-electron chi connectivity index (χ3n) is 8.79. The maximum absolute atomic E-state index is 14.1. The monoisotopic (exact) mass is 538 g/mol. The minimum absolute atomic E-state index is 0.0262. The van der Waals surface area contributed by atoms with Crippen molar-refractivity contribution in [1.29, 1.82) is 0 Å². The highest BCUT2D eigenvalue weighted by Gasteiger charge is 2.51. The van der Waals surface area contributed by atoms with Crippen molar-refractivity contribution in [1.82, 2.24) is 0 Å². The summed E-state index contributed by atoms with van der Waals surface area (Å²) in [5.74, 6) is -1.45. The van der Waals surface area contributed by atoms with Crippen molar-refractivity contribution in [2.24, 2.45) is 23.7 Å². The van der Waals surface area contributed by atoms with Gasteiger partial charge in [0.25, 0.3) is 0 Å². The lowest BCUT2D eigenvalue weighted by Crippen LogP contribution is -2.41. The summed E-state index contributed by atoms with van der Waals surface area (Å²) < 4.78 is 6.09. The van der Waals surface area contributed by atoms with Crippen molar-refractivity contribution >= 4 is 17.3 Å². The summed E-state index contributed by atoms with van der Waals surface area (Å²) in [5, 5.41) is 0. The van der Waals surface area contributed by atoms with Gasteiger partial charge in [-0.15, -0.1) is 0 Å². The summed E-state index contributed by atoms with van der Waals surface area (Å²) in [5.41, 5.74) is 4.35. The molecule has 0 amide bonds. The molecule has 1 aliphatic rings. The minimum Gasteiger partial charge on any atom is -0.374 e. The van der Waals surface area contributed by atoms with Gasteiger partial charge in [0.15, 0.2) is 5.78 Å². The minimum atomic E-state index is -0.714. The van der Waals surface area contributed by atoms with E-state index in [9.17, 15) is 14.4 Å². The standard InChI is InChI=1S/C36H42O4/c1-24-13-9-11-17-28(24)19-20-32(37)34-31(23-40-36(34,4)5)35(39)26(3)29(21-27-15-7-6-8-16-27)22-33(38)30-18-12-10-14-25(30)2/h6-18,26,29,31,34H,19-23H2,1-5H3. The lowest BCUT2D eigenvalue weighted by Gasteiger charge is -2.30. The lowest BCUT2D eigenvalue weighted by molar-refractivity contribution is -0.135. The summed E-state index contributed by atoms with van der Waals surface area (Å²) in [6.07, 6.45) is 1.92. The number of aryl methyl sites for hydroxylation is 3. The van der Waals surface area contributed by atoms with Crippen LogP contribution in [0.4, 0.5) is 0 Å². The van der Waals surface area contributed by atoms with Gasteiger partial charge >= 0.3 is 0 Å². The van der Waals surface area contributed by atoms with Gasteiger partial charge in [0.2, 0.25) is 0 Å². The van der Waals surface area contributed by atoms with Gasteiger partial charge in [-0.05, 0) is 68.7 Å². The highest BCUT2D eigenvalue weighted by Crippen LogP contribution is 2.41. The van der Waals surface area contributed by atoms with E-state index >= 15 is 0 Å². The van der Waals surface area contributed by atoms with Gasteiger partial charge in [-0.3, -0.25) is 14.4 Å². The predicted octanol–water partition coefficient (Wildman–Crippen LogP) is 7.18. The number of ketones is 3. The van der Waals surface area contributed by atoms with Crippen molar-refractivity contribution in [3.05, 3.63) is 107 Å². The fraction of sp³-hybridized carbons (Fsp3) is 0.417. The van der Waals surface area contributed by atoms with E-state index in [0.29, 0.717) is 24.8 Å². The SMILES string of the molecule is Cc1ccccc1CCC(=O)C1C(C(=O)C(C)C(CC(=O)c2ccccc2C)Cc2ccccc2)COC1(C)C. The van der Waals surface area contributed by atoms with Crippen molar-refractivity contribution in [3.8, 4) is 0 Å². The number of hydrogen-bond donors (Lipinski definition) is 0. The van der Waals surface area contributed by atoms with Crippen LogP contribution in [-0.4, -0.2) is 29.6 Å². The number of benzene rings is 3. The Morgan fingerprint density at radius 3 is 2.17 bits per heavy atom. The molecule has 0 bridgehead atoms. The Balaban J connectivity index is 1.55. The van der Waals surface area contributed by atoms with Crippen LogP contribution in [0.15, 0.2) is 78.9 Å². The molecule has 0 spiro atoms. The Hall–Kier alpha value is -3.37. The van der Waals surface area contributed by atoms with Gasteiger partial charge in [0.05, 0.1) is 24.0 Å². The summed E-state index contributed by atoms with van der Waals surface area (Å²) in [6.45, 7) is 10.0. The molecule has 1 aliphatic heterocycles. The molecule has 4 nitrogen and oxygen atoms in total. The first-order valence-electron chi connectivity index (χ1n) is 14.5. The van der Waals surface area contributed by atoms with Crippen molar-refractivity contribution in [2.45, 2.75) is 65.9 Å². The number of Topliss-reactive ketones (excluding diaryl/α,β-unsaturated/α-hetero) is 3. The first-order chi connectivity index (χ1) is 19.1. The molecule has 3 aromatic rings. The van der Waals surface area contributed by atoms with Crippen LogP contribution in [0, 0.1) is 37.5 Å². The zero-order chi connectivity index (χ0) is 28.9. The molecular formula is C36H42O4. The van der Waals surface area contributed by atoms with E-state index in [1.807, 2.05) is 94.4 Å². The largest absolute Gasteiger partial charge is 0.374 e. The molecule has 1 saturated heterocycles. The van der Waals surface area contributed by atoms with Gasteiger partial charge in [0, 0.05) is 24.3 Å². The van der Waals surface area contributed by atoms with Gasteiger partial charge in [-0.2, -0.15) is 0 Å². The fourth-order valence-corrected chi connectivity index (χ4v) is 6.28. The van der Waals surface area contributed by atoms with Crippen LogP contribution < -0.4 is 0 Å². The topological polar surface area (TPSA) is 60.4 Å². The highest BCUT2D eigenvalue weighted by atomic mass is 16.5. The van der Waals surface area contributed by atoms with E-state index in [4.69, 9.17) is 4.74 Å². The molecule has 0 saturated carbocycles. The maximum Gasteiger partial charge on any atom is 0.163 e. The number of carbonyl (C=O) groups is 3. The van der Waals surface area contributed by atoms with Crippen LogP contribution in [0.2, 0.25) is 0 Å². The second-order valence-corrected chi connectivity index (χ2v) is 12.0. The Labute approximate surface area is 239 Å². The van der Waals surface area contributed by atoms with Crippen molar-refractivity contribution < 1.29 is 19.1 Å². The molecule has 4 atom stereocenters. The zero-order valence-corrected chi connectivity index (χ0v) is 24.5. The van der Waals surface area contributed by atoms with Gasteiger partial charge in [-0.1, -0.05) is 85.8 Å². The molecule has 210 valence electrons. The second kappa shape index (κ2) is 12.9. The molecule has 40 heavy (non-hydrogen) atoms. The smallest absolute Gasteiger partial charge is 0.163 e. The summed E-state index contributed by atoms with van der Waals surface area (Å²) in [7, 11) is 0. The molecule has 4 heteroatoms. The summed E-state index contributed by atoms with van der Waals surface area (Å²) in [6, 6.07) is 25.8. The first kappa shape index (κ1) is 29.6. The molecule has 3 aromatic carbocycles. The maximum atomic E-state index is 14.1. The summed E-state index contributed by atoms with van der Waals surface area (Å²) in [4.78, 5) is 41.3. The third kappa shape index (κ3) is 6.85. The predicted molar refractivity (Wildman–Crippen MR) is 159 cm³/mol. The zero-order valence-electron chi connectivity index (χ0n) is 24.5. The first-order valence-corrected chi connectivity index (χ1v) is 14.5. The average molecular weight is 539 g/mol. The van der Waals surface area contributed by atoms with Crippen LogP contribution in [0.1, 0.15) is 66.2 Å². The quantitative estimate of drug-likeness (QED) is 0.229. The lowest BCUT2D eigenvalue weighted by atomic mass is 9.71. The van der Waals surface area contributed by atoms with Crippen LogP contribution in [0.25, 0.3) is 0 Å². The fourth-order valence-electron chi connectivity index (χ4n) is 6.28. The third-order valence-corrected chi connectivity index (χ3v) is 8.79. The molecule has 4 unspecified atom stereocenters. The average Bonchev–Trinajstić information content (AvgIpc) is 3.26. The van der Waals surface area contributed by atoms with E-state index in [1.165, 1.54) is 5.56 Å². The summed E-state index contributed by atoms with van der Waals surface area (Å²) >= 11 is 0. The molecule has 1 fully saturated rings. The Morgan fingerprint density at radius 1 is 0.875 bits per heavy atom. The van der Waals surface area contributed by atoms with E-state index in [-0.39, 0.29) is 36.3 Å². The van der Waals surface area contributed by atoms with Crippen LogP contribution in [-0.2, 0) is 27.2 Å². The van der Waals surface area contributed by atoms with Gasteiger partial charge < -0.3 is 4.74 Å². The normalized spacial score (nSPS) is 19.6. The Kier molecular flexibility index (Phi) is 9.52. The number of carbonyl (C=O) groups excluding carboxylic acids is 3. The molecule has 1 heterocycles. The van der Waals surface area contributed by atoms with E-state index < -0.39 is 23.4 Å². The number of ether oxygens (including phenoxy) is 1. The number of rotatable bonds is 12. The van der Waals surface area contributed by atoms with Crippen LogP contribution >= 0.6 is 0 Å². The molecular weight excluding hydrogens is 496 g/mol. The van der Waals surface area contributed by atoms with Gasteiger partial charge in [0.1, 0.15) is 11.6 Å². The van der Waals surface area contributed by atoms with E-state index in [1.54, 1.807) is 0 Å². The van der Waals surface area contributed by atoms with Crippen LogP contribution in [0.3, 0.4) is 0 Å². The second-order valence-electron chi connectivity index (χ2n) is 12.0. The van der Waals surface area contributed by atoms with E-state index in [0.717, 1.165) is 16.7 Å². The molecule has 4 rings (SSSR count). The molecule has 0 N–H and O–H groups in total. The van der Waals surface area contributed by atoms with E-state index in [2.05, 4.69) is 19.1 Å².